The van der Waals surface area contributed by atoms with Gasteiger partial charge in [0.15, 0.2) is 5.78 Å². The molecular formula is C17H25NO5. The van der Waals surface area contributed by atoms with E-state index in [0.29, 0.717) is 18.7 Å². The summed E-state index contributed by atoms with van der Waals surface area (Å²) in [5.74, 6) is -0.568. The SMILES string of the molecule is CCOC(=O)CC(NCCOCCO)C(=O)c1ccc(C)cc1. The number of hydrogen-bond donors (Lipinski definition) is 2. The smallest absolute Gasteiger partial charge is 0.307 e. The van der Waals surface area contributed by atoms with Crippen LogP contribution in [-0.2, 0) is 14.3 Å². The molecule has 0 radical (unpaired) electrons. The molecule has 0 saturated heterocycles. The topological polar surface area (TPSA) is 84.9 Å². The third-order valence-corrected chi connectivity index (χ3v) is 3.20. The first-order chi connectivity index (χ1) is 11.1. The number of ether oxygens (including phenoxy) is 2. The highest BCUT2D eigenvalue weighted by Crippen LogP contribution is 2.09. The molecule has 0 aromatic heterocycles. The molecule has 0 aliphatic rings. The molecular weight excluding hydrogens is 298 g/mol. The van der Waals surface area contributed by atoms with Crippen LogP contribution in [0.1, 0.15) is 29.3 Å². The Kier molecular flexibility index (Phi) is 9.12. The monoisotopic (exact) mass is 323 g/mol. The van der Waals surface area contributed by atoms with Crippen molar-refractivity contribution in [3.8, 4) is 0 Å². The van der Waals surface area contributed by atoms with Gasteiger partial charge in [0, 0.05) is 12.1 Å². The number of aliphatic hydroxyl groups is 1. The fourth-order valence-corrected chi connectivity index (χ4v) is 2.04. The van der Waals surface area contributed by atoms with E-state index in [1.165, 1.54) is 0 Å². The molecule has 2 N–H and O–H groups in total. The molecule has 6 nitrogen and oxygen atoms in total. The summed E-state index contributed by atoms with van der Waals surface area (Å²) in [4.78, 5) is 24.3. The van der Waals surface area contributed by atoms with Crippen LogP contribution in [0.5, 0.6) is 0 Å². The maximum atomic E-state index is 12.6. The second-order valence-corrected chi connectivity index (χ2v) is 5.08. The lowest BCUT2D eigenvalue weighted by Crippen LogP contribution is -2.40. The maximum absolute atomic E-state index is 12.6. The van der Waals surface area contributed by atoms with Gasteiger partial charge in [-0.15, -0.1) is 0 Å². The number of ketones is 1. The number of benzene rings is 1. The molecule has 23 heavy (non-hydrogen) atoms. The predicted molar refractivity (Wildman–Crippen MR) is 86.5 cm³/mol. The molecule has 1 aromatic rings. The Labute approximate surface area is 136 Å². The van der Waals surface area contributed by atoms with E-state index >= 15 is 0 Å². The van der Waals surface area contributed by atoms with Crippen molar-refractivity contribution in [2.24, 2.45) is 0 Å². The summed E-state index contributed by atoms with van der Waals surface area (Å²) in [6.07, 6.45) is -0.0272. The summed E-state index contributed by atoms with van der Waals surface area (Å²) < 4.78 is 10.1. The van der Waals surface area contributed by atoms with E-state index in [1.54, 1.807) is 19.1 Å². The van der Waals surface area contributed by atoms with Crippen LogP contribution in [0.25, 0.3) is 0 Å². The summed E-state index contributed by atoms with van der Waals surface area (Å²) in [7, 11) is 0. The molecule has 1 unspecified atom stereocenters. The van der Waals surface area contributed by atoms with Crippen LogP contribution in [-0.4, -0.2) is 55.9 Å². The lowest BCUT2D eigenvalue weighted by Gasteiger charge is -2.17. The Balaban J connectivity index is 2.66. The minimum atomic E-state index is -0.658. The van der Waals surface area contributed by atoms with Crippen LogP contribution >= 0.6 is 0 Å². The largest absolute Gasteiger partial charge is 0.466 e. The summed E-state index contributed by atoms with van der Waals surface area (Å²) in [6, 6.07) is 6.56. The third kappa shape index (κ3) is 7.36. The minimum absolute atomic E-state index is 0.0272. The lowest BCUT2D eigenvalue weighted by molar-refractivity contribution is -0.143. The molecule has 0 spiro atoms. The van der Waals surface area contributed by atoms with Crippen molar-refractivity contribution in [2.45, 2.75) is 26.3 Å². The number of hydrogen-bond acceptors (Lipinski definition) is 6. The van der Waals surface area contributed by atoms with E-state index in [2.05, 4.69) is 5.32 Å². The molecule has 0 fully saturated rings. The average molecular weight is 323 g/mol. The summed E-state index contributed by atoms with van der Waals surface area (Å²) in [5.41, 5.74) is 1.61. The van der Waals surface area contributed by atoms with Crippen molar-refractivity contribution in [2.75, 3.05) is 33.0 Å². The van der Waals surface area contributed by atoms with Crippen molar-refractivity contribution in [1.29, 1.82) is 0 Å². The zero-order valence-corrected chi connectivity index (χ0v) is 13.7. The Morgan fingerprint density at radius 2 is 1.91 bits per heavy atom. The Morgan fingerprint density at radius 1 is 1.22 bits per heavy atom. The highest BCUT2D eigenvalue weighted by molar-refractivity contribution is 6.01. The zero-order valence-electron chi connectivity index (χ0n) is 13.7. The predicted octanol–water partition coefficient (Wildman–Crippen LogP) is 1.10. The van der Waals surface area contributed by atoms with Crippen LogP contribution in [0.2, 0.25) is 0 Å². The van der Waals surface area contributed by atoms with E-state index < -0.39 is 12.0 Å². The van der Waals surface area contributed by atoms with Crippen molar-refractivity contribution < 1.29 is 24.2 Å². The number of nitrogens with one attached hydrogen (secondary N) is 1. The molecule has 0 heterocycles. The molecule has 0 aliphatic carbocycles. The van der Waals surface area contributed by atoms with Gasteiger partial charge in [0.1, 0.15) is 0 Å². The maximum Gasteiger partial charge on any atom is 0.307 e. The van der Waals surface area contributed by atoms with Crippen LogP contribution in [0, 0.1) is 6.92 Å². The Bertz CT molecular complexity index is 486. The van der Waals surface area contributed by atoms with Gasteiger partial charge in [-0.05, 0) is 13.8 Å². The normalized spacial score (nSPS) is 12.0. The number of carbonyl (C=O) groups is 2. The van der Waals surface area contributed by atoms with E-state index in [9.17, 15) is 9.59 Å². The Hall–Kier alpha value is -1.76. The standard InChI is InChI=1S/C17H25NO5/c1-3-23-16(20)12-15(18-8-10-22-11-9-19)17(21)14-6-4-13(2)5-7-14/h4-7,15,18-19H,3,8-12H2,1-2H3. The fraction of sp³-hybridized carbons (Fsp3) is 0.529. The van der Waals surface area contributed by atoms with Gasteiger partial charge < -0.3 is 19.9 Å². The minimum Gasteiger partial charge on any atom is -0.466 e. The van der Waals surface area contributed by atoms with Gasteiger partial charge >= 0.3 is 5.97 Å². The van der Waals surface area contributed by atoms with Crippen molar-refractivity contribution >= 4 is 11.8 Å². The van der Waals surface area contributed by atoms with Crippen molar-refractivity contribution in [3.63, 3.8) is 0 Å². The number of aliphatic hydroxyl groups excluding tert-OH is 1. The molecule has 6 heteroatoms. The van der Waals surface area contributed by atoms with Gasteiger partial charge in [-0.3, -0.25) is 9.59 Å². The van der Waals surface area contributed by atoms with Crippen molar-refractivity contribution in [3.05, 3.63) is 35.4 Å². The van der Waals surface area contributed by atoms with Gasteiger partial charge in [-0.2, -0.15) is 0 Å². The first-order valence-electron chi connectivity index (χ1n) is 7.77. The molecule has 128 valence electrons. The molecule has 1 aromatic carbocycles. The highest BCUT2D eigenvalue weighted by Gasteiger charge is 2.23. The second-order valence-electron chi connectivity index (χ2n) is 5.08. The van der Waals surface area contributed by atoms with Gasteiger partial charge in [0.05, 0.1) is 38.9 Å². The fourth-order valence-electron chi connectivity index (χ4n) is 2.04. The van der Waals surface area contributed by atoms with E-state index in [-0.39, 0.29) is 32.0 Å². The first-order valence-corrected chi connectivity index (χ1v) is 7.77. The molecule has 0 bridgehead atoms. The van der Waals surface area contributed by atoms with E-state index in [1.807, 2.05) is 19.1 Å². The average Bonchev–Trinajstić information content (AvgIpc) is 2.54. The number of rotatable bonds is 11. The van der Waals surface area contributed by atoms with Crippen LogP contribution in [0.3, 0.4) is 0 Å². The quantitative estimate of drug-likeness (QED) is 0.360. The zero-order chi connectivity index (χ0) is 17.1. The van der Waals surface area contributed by atoms with Crippen LogP contribution in [0.4, 0.5) is 0 Å². The van der Waals surface area contributed by atoms with Crippen LogP contribution < -0.4 is 5.32 Å². The third-order valence-electron chi connectivity index (χ3n) is 3.20. The molecule has 0 aliphatic heterocycles. The summed E-state index contributed by atoms with van der Waals surface area (Å²) in [5, 5.41) is 11.7. The highest BCUT2D eigenvalue weighted by atomic mass is 16.5. The van der Waals surface area contributed by atoms with Crippen LogP contribution in [0.15, 0.2) is 24.3 Å². The van der Waals surface area contributed by atoms with E-state index in [0.717, 1.165) is 5.56 Å². The van der Waals surface area contributed by atoms with Gasteiger partial charge in [-0.1, -0.05) is 29.8 Å². The number of aryl methyl sites for hydroxylation is 1. The molecule has 1 atom stereocenters. The molecule has 1 rings (SSSR count). The number of carbonyl (C=O) groups excluding carboxylic acids is 2. The van der Waals surface area contributed by atoms with E-state index in [4.69, 9.17) is 14.6 Å². The first kappa shape index (κ1) is 19.3. The number of Topliss-reactive ketones (excluding diaryl/α,β-unsaturated/α-hetero) is 1. The Morgan fingerprint density at radius 3 is 2.52 bits per heavy atom. The number of esters is 1. The van der Waals surface area contributed by atoms with Gasteiger partial charge in [0.2, 0.25) is 0 Å². The summed E-state index contributed by atoms with van der Waals surface area (Å²) >= 11 is 0. The van der Waals surface area contributed by atoms with Gasteiger partial charge in [-0.25, -0.2) is 0 Å². The summed E-state index contributed by atoms with van der Waals surface area (Å²) in [6.45, 7) is 4.91. The molecule has 0 saturated carbocycles. The lowest BCUT2D eigenvalue weighted by atomic mass is 10.0. The molecule has 0 amide bonds. The van der Waals surface area contributed by atoms with Gasteiger partial charge in [0.25, 0.3) is 0 Å². The van der Waals surface area contributed by atoms with Crippen molar-refractivity contribution in [1.82, 2.24) is 5.32 Å². The second kappa shape index (κ2) is 10.9.